The fourth-order valence-electron chi connectivity index (χ4n) is 3.45. The fraction of sp³-hybridized carbons (Fsp3) is 0.471. The lowest BCUT2D eigenvalue weighted by molar-refractivity contribution is -0.127. The van der Waals surface area contributed by atoms with Crippen molar-refractivity contribution in [2.24, 2.45) is 5.73 Å². The predicted molar refractivity (Wildman–Crippen MR) is 108 cm³/mol. The monoisotopic (exact) mass is 394 g/mol. The lowest BCUT2D eigenvalue weighted by Gasteiger charge is -2.33. The first-order chi connectivity index (χ1) is 12.1. The van der Waals surface area contributed by atoms with Gasteiger partial charge in [-0.15, -0.1) is 24.2 Å². The molecule has 26 heavy (non-hydrogen) atoms. The molecule has 2 aromatic heterocycles. The Morgan fingerprint density at radius 1 is 1.38 bits per heavy atom. The molecule has 9 heteroatoms. The van der Waals surface area contributed by atoms with Crippen LogP contribution in [-0.2, 0) is 4.79 Å². The lowest BCUT2D eigenvalue weighted by atomic mass is 10.1. The van der Waals surface area contributed by atoms with Gasteiger partial charge in [-0.2, -0.15) is 0 Å². The number of hydrogen-bond donors (Lipinski definition) is 2. The van der Waals surface area contributed by atoms with Crippen LogP contribution in [-0.4, -0.2) is 57.2 Å². The zero-order chi connectivity index (χ0) is 17.4. The maximum absolute atomic E-state index is 12.9. The molecule has 2 aliphatic rings. The van der Waals surface area contributed by atoms with Crippen LogP contribution in [0.15, 0.2) is 23.6 Å². The summed E-state index contributed by atoms with van der Waals surface area (Å²) in [6, 6.07) is 0.0898. The molecule has 4 rings (SSSR count). The number of likely N-dealkylation sites (tertiary alicyclic amines) is 1. The molecule has 1 fully saturated rings. The molecule has 1 atom stereocenters. The van der Waals surface area contributed by atoms with Crippen molar-refractivity contribution < 1.29 is 4.79 Å². The first-order valence-electron chi connectivity index (χ1n) is 8.58. The smallest absolute Gasteiger partial charge is 0.261 e. The number of piperidine rings is 1. The molecule has 0 aromatic carbocycles. The molecule has 0 saturated carbocycles. The first-order valence-corrected chi connectivity index (χ1v) is 9.57. The quantitative estimate of drug-likeness (QED) is 0.809. The van der Waals surface area contributed by atoms with Crippen molar-refractivity contribution in [2.75, 3.05) is 30.3 Å². The highest BCUT2D eigenvalue weighted by atomic mass is 35.5. The molecular formula is C17H23ClN6OS. The number of aromatic nitrogens is 3. The third-order valence-corrected chi connectivity index (χ3v) is 5.72. The summed E-state index contributed by atoms with van der Waals surface area (Å²) in [7, 11) is 0. The zero-order valence-corrected chi connectivity index (χ0v) is 16.3. The number of nitrogens with two attached hydrogens (primary N) is 1. The average molecular weight is 395 g/mol. The molecule has 4 heterocycles. The molecule has 1 saturated heterocycles. The molecule has 0 radical (unpaired) electrons. The number of halogens is 1. The van der Waals surface area contributed by atoms with Crippen LogP contribution in [0.5, 0.6) is 0 Å². The number of fused-ring (bicyclic) bond motifs is 1. The van der Waals surface area contributed by atoms with Gasteiger partial charge in [0.15, 0.2) is 0 Å². The van der Waals surface area contributed by atoms with Gasteiger partial charge in [0.05, 0.1) is 10.3 Å². The first kappa shape index (κ1) is 19.0. The van der Waals surface area contributed by atoms with E-state index in [9.17, 15) is 4.79 Å². The molecule has 2 aliphatic heterocycles. The van der Waals surface area contributed by atoms with Crippen molar-refractivity contribution in [3.8, 4) is 0 Å². The highest BCUT2D eigenvalue weighted by Crippen LogP contribution is 2.31. The van der Waals surface area contributed by atoms with Gasteiger partial charge in [-0.05, 0) is 25.3 Å². The minimum Gasteiger partial charge on any atom is -0.346 e. The van der Waals surface area contributed by atoms with Crippen LogP contribution in [0.1, 0.15) is 18.4 Å². The van der Waals surface area contributed by atoms with E-state index in [2.05, 4.69) is 19.9 Å². The average Bonchev–Trinajstić information content (AvgIpc) is 3.02. The number of aryl methyl sites for hydroxylation is 1. The van der Waals surface area contributed by atoms with E-state index in [4.69, 9.17) is 5.73 Å². The predicted octanol–water partition coefficient (Wildman–Crippen LogP) is 2.03. The number of nitrogens with zero attached hydrogens (tertiary/aromatic N) is 4. The summed E-state index contributed by atoms with van der Waals surface area (Å²) < 4.78 is 0. The normalized spacial score (nSPS) is 20.7. The molecule has 2 aromatic rings. The second-order valence-corrected chi connectivity index (χ2v) is 7.72. The Labute approximate surface area is 162 Å². The standard InChI is InChI=1S/C17H22N6OS.ClH/c1-11-7-19-15-14(11)16(21-10-20-15)22-5-6-25-13(9-22)17(24)23-4-2-3-12(18)8-23;/h7,9-10,12H,2-6,8,18H2,1H3,(H,19,20,21);1H/t12-;/m0./s1. The van der Waals surface area contributed by atoms with Crippen molar-refractivity contribution in [2.45, 2.75) is 25.8 Å². The van der Waals surface area contributed by atoms with Gasteiger partial charge in [0.2, 0.25) is 0 Å². The van der Waals surface area contributed by atoms with E-state index < -0.39 is 0 Å². The third-order valence-electron chi connectivity index (χ3n) is 4.74. The maximum atomic E-state index is 12.9. The van der Waals surface area contributed by atoms with E-state index in [1.165, 1.54) is 0 Å². The van der Waals surface area contributed by atoms with Crippen LogP contribution >= 0.6 is 24.2 Å². The van der Waals surface area contributed by atoms with E-state index >= 15 is 0 Å². The Kier molecular flexibility index (Phi) is 5.74. The number of hydrogen-bond acceptors (Lipinski definition) is 6. The minimum absolute atomic E-state index is 0. The van der Waals surface area contributed by atoms with Gasteiger partial charge in [-0.3, -0.25) is 4.79 Å². The van der Waals surface area contributed by atoms with Crippen molar-refractivity contribution >= 4 is 46.9 Å². The molecule has 1 amide bonds. The summed E-state index contributed by atoms with van der Waals surface area (Å²) in [5.41, 5.74) is 7.95. The molecule has 140 valence electrons. The molecule has 0 aliphatic carbocycles. The van der Waals surface area contributed by atoms with Gasteiger partial charge in [-0.25, -0.2) is 9.97 Å². The third kappa shape index (κ3) is 3.54. The zero-order valence-electron chi connectivity index (χ0n) is 14.6. The summed E-state index contributed by atoms with van der Waals surface area (Å²) in [6.07, 6.45) is 7.41. The minimum atomic E-state index is 0. The lowest BCUT2D eigenvalue weighted by Crippen LogP contribution is -2.46. The van der Waals surface area contributed by atoms with Gasteiger partial charge in [0.1, 0.15) is 17.8 Å². The van der Waals surface area contributed by atoms with Crippen LogP contribution in [0.25, 0.3) is 11.0 Å². The van der Waals surface area contributed by atoms with Crippen LogP contribution < -0.4 is 10.6 Å². The fourth-order valence-corrected chi connectivity index (χ4v) is 4.41. The molecular weight excluding hydrogens is 372 g/mol. The number of anilines is 1. The Bertz CT molecular complexity index is 838. The molecule has 0 bridgehead atoms. The van der Waals surface area contributed by atoms with Gasteiger partial charge in [-0.1, -0.05) is 0 Å². The number of rotatable bonds is 2. The molecule has 7 nitrogen and oxygen atoms in total. The summed E-state index contributed by atoms with van der Waals surface area (Å²) in [5.74, 6) is 1.79. The van der Waals surface area contributed by atoms with Crippen LogP contribution in [0.3, 0.4) is 0 Å². The van der Waals surface area contributed by atoms with Crippen molar-refractivity contribution in [3.05, 3.63) is 29.2 Å². The second kappa shape index (κ2) is 7.85. The largest absolute Gasteiger partial charge is 0.346 e. The van der Waals surface area contributed by atoms with Gasteiger partial charge in [0, 0.05) is 43.8 Å². The van der Waals surface area contributed by atoms with Crippen molar-refractivity contribution in [1.82, 2.24) is 19.9 Å². The number of nitrogens with one attached hydrogen (secondary N) is 1. The Morgan fingerprint density at radius 2 is 2.23 bits per heavy atom. The summed E-state index contributed by atoms with van der Waals surface area (Å²) in [4.78, 5) is 29.5. The van der Waals surface area contributed by atoms with E-state index in [0.29, 0.717) is 6.54 Å². The van der Waals surface area contributed by atoms with Gasteiger partial charge >= 0.3 is 0 Å². The second-order valence-electron chi connectivity index (χ2n) is 6.58. The molecule has 0 spiro atoms. The summed E-state index contributed by atoms with van der Waals surface area (Å²) in [5, 5.41) is 1.01. The van der Waals surface area contributed by atoms with E-state index in [1.807, 2.05) is 24.2 Å². The Balaban J connectivity index is 0.00000196. The van der Waals surface area contributed by atoms with Gasteiger partial charge < -0.3 is 20.5 Å². The van der Waals surface area contributed by atoms with E-state index in [-0.39, 0.29) is 24.4 Å². The highest BCUT2D eigenvalue weighted by Gasteiger charge is 2.27. The number of thioether (sulfide) groups is 1. The van der Waals surface area contributed by atoms with Crippen molar-refractivity contribution in [3.63, 3.8) is 0 Å². The summed E-state index contributed by atoms with van der Waals surface area (Å²) >= 11 is 1.61. The van der Waals surface area contributed by atoms with E-state index in [0.717, 1.165) is 59.0 Å². The number of aromatic amines is 1. The summed E-state index contributed by atoms with van der Waals surface area (Å²) in [6.45, 7) is 4.29. The number of amides is 1. The molecule has 0 unspecified atom stereocenters. The number of carbonyl (C=O) groups excluding carboxylic acids is 1. The van der Waals surface area contributed by atoms with Crippen LogP contribution in [0.2, 0.25) is 0 Å². The SMILES string of the molecule is Cc1c[nH]c2ncnc(N3C=C(C(=O)N4CCC[C@H](N)C4)SCC3)c12.Cl. The number of H-pyrrole nitrogens is 1. The Morgan fingerprint density at radius 3 is 3.04 bits per heavy atom. The van der Waals surface area contributed by atoms with Crippen LogP contribution in [0, 0.1) is 6.92 Å². The van der Waals surface area contributed by atoms with Crippen molar-refractivity contribution in [1.29, 1.82) is 0 Å². The van der Waals surface area contributed by atoms with E-state index in [1.54, 1.807) is 18.1 Å². The number of carbonyl (C=O) groups is 1. The van der Waals surface area contributed by atoms with Gasteiger partial charge in [0.25, 0.3) is 5.91 Å². The van der Waals surface area contributed by atoms with Crippen LogP contribution in [0.4, 0.5) is 5.82 Å². The molecule has 3 N–H and O–H groups in total. The maximum Gasteiger partial charge on any atom is 0.261 e. The highest BCUT2D eigenvalue weighted by molar-refractivity contribution is 8.04. The Hall–Kier alpha value is -1.77. The topological polar surface area (TPSA) is 91.1 Å².